The minimum atomic E-state index is -0.633. The summed E-state index contributed by atoms with van der Waals surface area (Å²) in [7, 11) is 0. The van der Waals surface area contributed by atoms with Crippen LogP contribution in [0.5, 0.6) is 0 Å². The summed E-state index contributed by atoms with van der Waals surface area (Å²) in [5.74, 6) is -0.887. The molecule has 3 aliphatic rings. The maximum Gasteiger partial charge on any atom is 0.411 e. The number of nitrogens with two attached hydrogens (primary N) is 1. The Morgan fingerprint density at radius 1 is 1.14 bits per heavy atom. The molecule has 184 valence electrons. The minimum absolute atomic E-state index is 0.0502. The fourth-order valence-corrected chi connectivity index (χ4v) is 5.46. The molecule has 36 heavy (non-hydrogen) atoms. The number of aromatic amines is 1. The van der Waals surface area contributed by atoms with E-state index in [9.17, 15) is 14.0 Å². The third-order valence-corrected chi connectivity index (χ3v) is 7.28. The number of aromatic nitrogens is 2. The predicted molar refractivity (Wildman–Crippen MR) is 129 cm³/mol. The van der Waals surface area contributed by atoms with Crippen LogP contribution in [0.1, 0.15) is 42.3 Å². The first kappa shape index (κ1) is 22.5. The highest BCUT2D eigenvalue weighted by molar-refractivity contribution is 6.31. The first-order chi connectivity index (χ1) is 17.3. The number of amides is 2. The largest absolute Gasteiger partial charge is 0.444 e. The Bertz CT molecular complexity index is 1470. The second kappa shape index (κ2) is 8.34. The van der Waals surface area contributed by atoms with Crippen LogP contribution in [-0.4, -0.2) is 32.9 Å². The molecule has 2 aromatic carbocycles. The van der Waals surface area contributed by atoms with Crippen LogP contribution >= 0.6 is 11.6 Å². The molecule has 1 aromatic heterocycles. The van der Waals surface area contributed by atoms with Crippen molar-refractivity contribution in [2.24, 2.45) is 0 Å². The number of hydrogen-bond donors (Lipinski definition) is 3. The van der Waals surface area contributed by atoms with Gasteiger partial charge in [-0.3, -0.25) is 10.1 Å². The molecule has 11 heteroatoms. The van der Waals surface area contributed by atoms with Gasteiger partial charge < -0.3 is 20.4 Å². The van der Waals surface area contributed by atoms with Crippen LogP contribution in [0, 0.1) is 11.6 Å². The van der Waals surface area contributed by atoms with Crippen molar-refractivity contribution in [2.45, 2.75) is 38.0 Å². The number of H-pyrrole nitrogens is 1. The topological polar surface area (TPSA) is 113 Å². The summed E-state index contributed by atoms with van der Waals surface area (Å²) in [6, 6.07) is 5.59. The highest BCUT2D eigenvalue weighted by Gasteiger charge is 2.42. The third kappa shape index (κ3) is 3.51. The monoisotopic (exact) mass is 511 g/mol. The fourth-order valence-electron chi connectivity index (χ4n) is 5.30. The SMILES string of the molecule is Nc1ccc(Cl)c(F)c1C1=CC(=O)N2C(CCC2c2ncc(-c3ccc4c(c3F)COC(=O)N4)[nH]2)C1. The zero-order chi connectivity index (χ0) is 25.1. The number of carbonyl (C=O) groups is 2. The predicted octanol–water partition coefficient (Wildman–Crippen LogP) is 5.17. The van der Waals surface area contributed by atoms with Gasteiger partial charge >= 0.3 is 6.09 Å². The number of cyclic esters (lactones) is 1. The molecule has 8 nitrogen and oxygen atoms in total. The van der Waals surface area contributed by atoms with Crippen LogP contribution in [-0.2, 0) is 16.1 Å². The second-order valence-electron chi connectivity index (χ2n) is 9.03. The van der Waals surface area contributed by atoms with Crippen LogP contribution in [0.15, 0.2) is 36.5 Å². The lowest BCUT2D eigenvalue weighted by molar-refractivity contribution is -0.129. The number of rotatable bonds is 3. The van der Waals surface area contributed by atoms with Crippen molar-refractivity contribution in [3.05, 3.63) is 70.1 Å². The number of ether oxygens (including phenoxy) is 1. The molecule has 2 unspecified atom stereocenters. The molecule has 1 saturated heterocycles. The zero-order valence-electron chi connectivity index (χ0n) is 18.8. The smallest absolute Gasteiger partial charge is 0.411 e. The van der Waals surface area contributed by atoms with Crippen LogP contribution in [0.3, 0.4) is 0 Å². The molecule has 3 aromatic rings. The molecule has 0 radical (unpaired) electrons. The van der Waals surface area contributed by atoms with Crippen LogP contribution in [0.4, 0.5) is 25.0 Å². The van der Waals surface area contributed by atoms with Crippen molar-refractivity contribution < 1.29 is 23.1 Å². The van der Waals surface area contributed by atoms with Gasteiger partial charge in [-0.15, -0.1) is 0 Å². The van der Waals surface area contributed by atoms with E-state index >= 15 is 4.39 Å². The van der Waals surface area contributed by atoms with E-state index < -0.39 is 17.7 Å². The first-order valence-electron chi connectivity index (χ1n) is 11.4. The van der Waals surface area contributed by atoms with E-state index in [-0.39, 0.29) is 52.0 Å². The summed E-state index contributed by atoms with van der Waals surface area (Å²) >= 11 is 5.95. The average molecular weight is 512 g/mol. The number of carbonyl (C=O) groups excluding carboxylic acids is 2. The maximum absolute atomic E-state index is 15.2. The Kier molecular flexibility index (Phi) is 5.22. The van der Waals surface area contributed by atoms with Gasteiger partial charge in [0.05, 0.1) is 28.6 Å². The van der Waals surface area contributed by atoms with Gasteiger partial charge in [0.2, 0.25) is 5.91 Å². The molecule has 0 bridgehead atoms. The summed E-state index contributed by atoms with van der Waals surface area (Å²) in [5, 5.41) is 2.43. The van der Waals surface area contributed by atoms with E-state index in [1.807, 2.05) is 0 Å². The van der Waals surface area contributed by atoms with Crippen molar-refractivity contribution in [1.82, 2.24) is 14.9 Å². The van der Waals surface area contributed by atoms with Crippen LogP contribution in [0.25, 0.3) is 16.8 Å². The Balaban J connectivity index is 1.29. The Morgan fingerprint density at radius 3 is 2.81 bits per heavy atom. The van der Waals surface area contributed by atoms with Crippen molar-refractivity contribution in [3.63, 3.8) is 0 Å². The lowest BCUT2D eigenvalue weighted by atomic mass is 9.92. The molecule has 1 fully saturated rings. The Labute approximate surface area is 209 Å². The Morgan fingerprint density at radius 2 is 1.97 bits per heavy atom. The van der Waals surface area contributed by atoms with Gasteiger partial charge in [0.15, 0.2) is 5.82 Å². The van der Waals surface area contributed by atoms with Gasteiger partial charge in [-0.2, -0.15) is 0 Å². The molecule has 4 N–H and O–H groups in total. The summed E-state index contributed by atoms with van der Waals surface area (Å²) in [5.41, 5.74) is 8.26. The quantitative estimate of drug-likeness (QED) is 0.420. The number of nitrogens with zero attached hydrogens (tertiary/aromatic N) is 2. The molecule has 0 saturated carbocycles. The van der Waals surface area contributed by atoms with E-state index in [4.69, 9.17) is 22.1 Å². The van der Waals surface area contributed by atoms with Crippen molar-refractivity contribution in [1.29, 1.82) is 0 Å². The zero-order valence-corrected chi connectivity index (χ0v) is 19.5. The molecular weight excluding hydrogens is 492 g/mol. The first-order valence-corrected chi connectivity index (χ1v) is 11.8. The molecule has 6 rings (SSSR count). The molecule has 3 aliphatic heterocycles. The lowest BCUT2D eigenvalue weighted by Crippen LogP contribution is -2.39. The molecular formula is C25H20ClF2N5O3. The van der Waals surface area contributed by atoms with Crippen molar-refractivity contribution >= 4 is 40.5 Å². The standard InChI is InChI=1S/C25H20ClF2N5O3/c26-15-3-4-16(29)21(23(15)28)11-7-12-1-6-19(33(12)20(34)8-11)24-30-9-18(31-24)13-2-5-17-14(22(13)27)10-36-25(35)32-17/h2-5,8-9,12,19H,1,6-7,10,29H2,(H,30,31)(H,32,35). The summed E-state index contributed by atoms with van der Waals surface area (Å²) < 4.78 is 34.8. The molecule has 4 heterocycles. The summed E-state index contributed by atoms with van der Waals surface area (Å²) in [6.45, 7) is -0.166. The molecule has 0 aliphatic carbocycles. The summed E-state index contributed by atoms with van der Waals surface area (Å²) in [4.78, 5) is 33.9. The number of hydrogen-bond acceptors (Lipinski definition) is 5. The van der Waals surface area contributed by atoms with Gasteiger partial charge in [0, 0.05) is 34.5 Å². The highest BCUT2D eigenvalue weighted by Crippen LogP contribution is 2.44. The fraction of sp³-hybridized carbons (Fsp3) is 0.240. The van der Waals surface area contributed by atoms with E-state index in [2.05, 4.69) is 15.3 Å². The number of nitrogens with one attached hydrogen (secondary N) is 2. The number of anilines is 2. The number of nitrogen functional groups attached to an aromatic ring is 1. The van der Waals surface area contributed by atoms with Gasteiger partial charge in [-0.05, 0) is 49.1 Å². The van der Waals surface area contributed by atoms with Gasteiger partial charge in [-0.1, -0.05) is 11.6 Å². The van der Waals surface area contributed by atoms with Crippen LogP contribution < -0.4 is 11.1 Å². The summed E-state index contributed by atoms with van der Waals surface area (Å²) in [6.07, 6.45) is 4.07. The van der Waals surface area contributed by atoms with Gasteiger partial charge in [0.1, 0.15) is 18.2 Å². The number of halogens is 3. The molecule has 2 atom stereocenters. The molecule has 0 spiro atoms. The van der Waals surface area contributed by atoms with Gasteiger partial charge in [0.25, 0.3) is 0 Å². The van der Waals surface area contributed by atoms with Crippen molar-refractivity contribution in [2.75, 3.05) is 11.1 Å². The third-order valence-electron chi connectivity index (χ3n) is 6.99. The minimum Gasteiger partial charge on any atom is -0.444 e. The number of benzene rings is 2. The van der Waals surface area contributed by atoms with E-state index in [1.54, 1.807) is 17.0 Å². The van der Waals surface area contributed by atoms with Crippen molar-refractivity contribution in [3.8, 4) is 11.3 Å². The van der Waals surface area contributed by atoms with E-state index in [0.717, 1.165) is 0 Å². The normalized spacial score (nSPS) is 21.0. The highest BCUT2D eigenvalue weighted by atomic mass is 35.5. The van der Waals surface area contributed by atoms with E-state index in [1.165, 1.54) is 24.4 Å². The lowest BCUT2D eigenvalue weighted by Gasteiger charge is -2.33. The van der Waals surface area contributed by atoms with Crippen LogP contribution in [0.2, 0.25) is 5.02 Å². The van der Waals surface area contributed by atoms with Gasteiger partial charge in [-0.25, -0.2) is 18.6 Å². The maximum atomic E-state index is 15.2. The Hall–Kier alpha value is -3.92. The average Bonchev–Trinajstić information content (AvgIpc) is 3.49. The molecule has 2 amide bonds. The second-order valence-corrected chi connectivity index (χ2v) is 9.44. The number of fused-ring (bicyclic) bond motifs is 2. The number of imidazole rings is 1. The van der Waals surface area contributed by atoms with E-state index in [0.29, 0.717) is 42.0 Å².